The van der Waals surface area contributed by atoms with Crippen LogP contribution in [-0.2, 0) is 11.3 Å². The standard InChI is InChI=1S/C14H22ClN5O3/c1-3-4-7-23-13-18-11(16)10-12(19-13)20(14(17-10)21-2)6-9-22-8-5-15/h3-9H2,1-2H3,(H2,16,18,19). The number of methoxy groups -OCH3 is 1. The Morgan fingerprint density at radius 3 is 2.70 bits per heavy atom. The predicted molar refractivity (Wildman–Crippen MR) is 88.2 cm³/mol. The van der Waals surface area contributed by atoms with Gasteiger partial charge in [-0.05, 0) is 6.42 Å². The molecular formula is C14H22ClN5O3. The van der Waals surface area contributed by atoms with E-state index in [9.17, 15) is 0 Å². The molecule has 23 heavy (non-hydrogen) atoms. The summed E-state index contributed by atoms with van der Waals surface area (Å²) >= 11 is 5.60. The van der Waals surface area contributed by atoms with E-state index in [1.807, 2.05) is 0 Å². The van der Waals surface area contributed by atoms with Crippen LogP contribution in [0.3, 0.4) is 0 Å². The lowest BCUT2D eigenvalue weighted by Crippen LogP contribution is -2.10. The molecule has 0 aliphatic carbocycles. The van der Waals surface area contributed by atoms with Crippen molar-refractivity contribution in [2.75, 3.05) is 38.5 Å². The zero-order chi connectivity index (χ0) is 16.7. The Labute approximate surface area is 139 Å². The van der Waals surface area contributed by atoms with Crippen molar-refractivity contribution in [3.63, 3.8) is 0 Å². The van der Waals surface area contributed by atoms with Crippen molar-refractivity contribution in [2.45, 2.75) is 26.3 Å². The first-order chi connectivity index (χ1) is 11.2. The molecule has 0 spiro atoms. The number of ether oxygens (including phenoxy) is 3. The minimum Gasteiger partial charge on any atom is -0.468 e. The Kier molecular flexibility index (Phi) is 6.66. The number of halogens is 1. The van der Waals surface area contributed by atoms with Crippen molar-refractivity contribution in [2.24, 2.45) is 0 Å². The van der Waals surface area contributed by atoms with Crippen LogP contribution >= 0.6 is 11.6 Å². The van der Waals surface area contributed by atoms with Crippen LogP contribution in [0.1, 0.15) is 19.8 Å². The van der Waals surface area contributed by atoms with Crippen molar-refractivity contribution < 1.29 is 14.2 Å². The molecule has 0 saturated heterocycles. The maximum Gasteiger partial charge on any atom is 0.320 e. The van der Waals surface area contributed by atoms with Gasteiger partial charge in [0.2, 0.25) is 0 Å². The lowest BCUT2D eigenvalue weighted by atomic mass is 10.4. The number of nitrogens with zero attached hydrogens (tertiary/aromatic N) is 4. The smallest absolute Gasteiger partial charge is 0.320 e. The van der Waals surface area contributed by atoms with E-state index in [0.717, 1.165) is 12.8 Å². The first-order valence-corrected chi connectivity index (χ1v) is 8.09. The first kappa shape index (κ1) is 17.6. The molecule has 0 aliphatic rings. The highest BCUT2D eigenvalue weighted by molar-refractivity contribution is 6.17. The average molecular weight is 344 g/mol. The summed E-state index contributed by atoms with van der Waals surface area (Å²) in [5.41, 5.74) is 7.02. The second-order valence-corrected chi connectivity index (χ2v) is 5.20. The Morgan fingerprint density at radius 2 is 2.00 bits per heavy atom. The van der Waals surface area contributed by atoms with Crippen LogP contribution < -0.4 is 15.2 Å². The van der Waals surface area contributed by atoms with Crippen LogP contribution in [0.2, 0.25) is 0 Å². The van der Waals surface area contributed by atoms with Crippen molar-refractivity contribution in [3.8, 4) is 12.0 Å². The highest BCUT2D eigenvalue weighted by Crippen LogP contribution is 2.25. The second kappa shape index (κ2) is 8.73. The monoisotopic (exact) mass is 343 g/mol. The Bertz CT molecular complexity index is 634. The topological polar surface area (TPSA) is 97.3 Å². The highest BCUT2D eigenvalue weighted by atomic mass is 35.5. The Morgan fingerprint density at radius 1 is 1.17 bits per heavy atom. The summed E-state index contributed by atoms with van der Waals surface area (Å²) in [5.74, 6) is 0.715. The lowest BCUT2D eigenvalue weighted by Gasteiger charge is -2.08. The summed E-state index contributed by atoms with van der Waals surface area (Å²) in [7, 11) is 1.54. The zero-order valence-corrected chi connectivity index (χ0v) is 14.2. The van der Waals surface area contributed by atoms with Crippen LogP contribution in [-0.4, -0.2) is 52.3 Å². The van der Waals surface area contributed by atoms with Crippen molar-refractivity contribution >= 4 is 28.6 Å². The summed E-state index contributed by atoms with van der Waals surface area (Å²) in [5, 5.41) is 0. The van der Waals surface area contributed by atoms with Gasteiger partial charge < -0.3 is 19.9 Å². The number of fused-ring (bicyclic) bond motifs is 1. The number of imidazole rings is 1. The van der Waals surface area contributed by atoms with Gasteiger partial charge in [-0.2, -0.15) is 15.0 Å². The molecule has 0 aliphatic heterocycles. The van der Waals surface area contributed by atoms with E-state index in [1.54, 1.807) is 11.7 Å². The van der Waals surface area contributed by atoms with Crippen LogP contribution in [0.15, 0.2) is 0 Å². The fourth-order valence-corrected chi connectivity index (χ4v) is 2.13. The first-order valence-electron chi connectivity index (χ1n) is 7.55. The van der Waals surface area contributed by atoms with Gasteiger partial charge in [0, 0.05) is 5.88 Å². The number of nitrogen functional groups attached to an aromatic ring is 1. The highest BCUT2D eigenvalue weighted by Gasteiger charge is 2.17. The number of alkyl halides is 1. The molecule has 0 amide bonds. The van der Waals surface area contributed by atoms with Crippen LogP contribution in [0.25, 0.3) is 11.2 Å². The largest absolute Gasteiger partial charge is 0.468 e. The van der Waals surface area contributed by atoms with Crippen LogP contribution in [0.4, 0.5) is 5.82 Å². The van der Waals surface area contributed by atoms with Gasteiger partial charge in [0.1, 0.15) is 0 Å². The lowest BCUT2D eigenvalue weighted by molar-refractivity contribution is 0.139. The SMILES string of the molecule is CCCCOc1nc(N)c2nc(OC)n(CCOCCCl)c2n1. The molecule has 0 bridgehead atoms. The molecule has 0 saturated carbocycles. The number of nitrogens with two attached hydrogens (primary N) is 1. The molecule has 2 aromatic heterocycles. The van der Waals surface area contributed by atoms with E-state index in [0.29, 0.717) is 49.4 Å². The van der Waals surface area contributed by atoms with Gasteiger partial charge in [-0.15, -0.1) is 11.6 Å². The molecule has 128 valence electrons. The van der Waals surface area contributed by atoms with Crippen molar-refractivity contribution in [3.05, 3.63) is 0 Å². The van der Waals surface area contributed by atoms with E-state index in [-0.39, 0.29) is 11.8 Å². The van der Waals surface area contributed by atoms with Gasteiger partial charge in [0.15, 0.2) is 17.0 Å². The molecule has 0 fully saturated rings. The van der Waals surface area contributed by atoms with Gasteiger partial charge in [-0.1, -0.05) is 13.3 Å². The average Bonchev–Trinajstić information content (AvgIpc) is 2.90. The minimum absolute atomic E-state index is 0.244. The van der Waals surface area contributed by atoms with E-state index < -0.39 is 0 Å². The summed E-state index contributed by atoms with van der Waals surface area (Å²) in [6.07, 6.45) is 1.96. The minimum atomic E-state index is 0.244. The second-order valence-electron chi connectivity index (χ2n) is 4.82. The summed E-state index contributed by atoms with van der Waals surface area (Å²) < 4.78 is 18.0. The van der Waals surface area contributed by atoms with Gasteiger partial charge in [-0.3, -0.25) is 4.57 Å². The third-order valence-electron chi connectivity index (χ3n) is 3.16. The van der Waals surface area contributed by atoms with Gasteiger partial charge in [0.05, 0.1) is 33.5 Å². The van der Waals surface area contributed by atoms with Gasteiger partial charge in [0.25, 0.3) is 6.01 Å². The molecule has 2 rings (SSSR count). The number of rotatable bonds is 10. The maximum atomic E-state index is 5.96. The third kappa shape index (κ3) is 4.35. The molecule has 2 N–H and O–H groups in total. The van der Waals surface area contributed by atoms with Crippen LogP contribution in [0.5, 0.6) is 12.0 Å². The third-order valence-corrected chi connectivity index (χ3v) is 3.31. The Balaban J connectivity index is 2.26. The molecule has 8 nitrogen and oxygen atoms in total. The number of unbranched alkanes of at least 4 members (excludes halogenated alkanes) is 1. The quantitative estimate of drug-likeness (QED) is 0.519. The molecule has 2 heterocycles. The molecule has 0 aromatic carbocycles. The molecule has 0 radical (unpaired) electrons. The number of hydrogen-bond acceptors (Lipinski definition) is 7. The van der Waals surface area contributed by atoms with E-state index >= 15 is 0 Å². The number of hydrogen-bond donors (Lipinski definition) is 1. The zero-order valence-electron chi connectivity index (χ0n) is 13.4. The predicted octanol–water partition coefficient (Wildman–Crippen LogP) is 1.85. The Hall–Kier alpha value is -1.80. The molecule has 0 unspecified atom stereocenters. The normalized spacial score (nSPS) is 11.1. The number of anilines is 1. The molecule has 2 aromatic rings. The fraction of sp³-hybridized carbons (Fsp3) is 0.643. The van der Waals surface area contributed by atoms with Crippen LogP contribution in [0, 0.1) is 0 Å². The summed E-state index contributed by atoms with van der Waals surface area (Å²) in [6, 6.07) is 0.648. The van der Waals surface area contributed by atoms with Gasteiger partial charge in [-0.25, -0.2) is 0 Å². The van der Waals surface area contributed by atoms with E-state index in [1.165, 1.54) is 0 Å². The molecule has 9 heteroatoms. The molecule has 0 atom stereocenters. The summed E-state index contributed by atoms with van der Waals surface area (Å²) in [4.78, 5) is 12.9. The summed E-state index contributed by atoms with van der Waals surface area (Å²) in [6.45, 7) is 4.10. The van der Waals surface area contributed by atoms with Gasteiger partial charge >= 0.3 is 6.01 Å². The van der Waals surface area contributed by atoms with E-state index in [4.69, 9.17) is 31.5 Å². The maximum absolute atomic E-state index is 5.96. The van der Waals surface area contributed by atoms with Crippen molar-refractivity contribution in [1.29, 1.82) is 0 Å². The number of aromatic nitrogens is 4. The van der Waals surface area contributed by atoms with E-state index in [2.05, 4.69) is 21.9 Å². The fourth-order valence-electron chi connectivity index (χ4n) is 2.02. The van der Waals surface area contributed by atoms with Crippen molar-refractivity contribution in [1.82, 2.24) is 19.5 Å². The molecular weight excluding hydrogens is 322 g/mol.